The van der Waals surface area contributed by atoms with Crippen LogP contribution in [0.1, 0.15) is 16.2 Å². The average molecular weight is 205 g/mol. The van der Waals surface area contributed by atoms with E-state index >= 15 is 0 Å². The summed E-state index contributed by atoms with van der Waals surface area (Å²) in [6.45, 7) is 2.00. The van der Waals surface area contributed by atoms with Crippen LogP contribution in [0.15, 0.2) is 18.2 Å². The van der Waals surface area contributed by atoms with Gasteiger partial charge >= 0.3 is 5.97 Å². The van der Waals surface area contributed by atoms with Gasteiger partial charge in [0.25, 0.3) is 5.82 Å². The number of carbonyl (C=O) groups is 1. The van der Waals surface area contributed by atoms with E-state index in [-0.39, 0.29) is 0 Å². The standard InChI is InChI=1S/C11H12N2O2/c1-7-12(2)9-5-4-8(11(14)15)6-10(9)13(7)3/h4-6H,1-3H3/p+1. The number of aryl methyl sites for hydroxylation is 2. The van der Waals surface area contributed by atoms with Crippen LogP contribution >= 0.6 is 0 Å². The summed E-state index contributed by atoms with van der Waals surface area (Å²) in [4.78, 5) is 10.8. The molecule has 0 spiro atoms. The topological polar surface area (TPSA) is 46.1 Å². The Morgan fingerprint density at radius 1 is 1.47 bits per heavy atom. The number of rotatable bonds is 1. The van der Waals surface area contributed by atoms with E-state index in [4.69, 9.17) is 5.11 Å². The molecule has 1 aromatic heterocycles. The summed E-state index contributed by atoms with van der Waals surface area (Å²) < 4.78 is 4.03. The highest BCUT2D eigenvalue weighted by atomic mass is 16.4. The van der Waals surface area contributed by atoms with Crippen LogP contribution in [0.2, 0.25) is 0 Å². The van der Waals surface area contributed by atoms with Gasteiger partial charge in [-0.15, -0.1) is 0 Å². The molecular weight excluding hydrogens is 192 g/mol. The van der Waals surface area contributed by atoms with Crippen molar-refractivity contribution in [1.82, 2.24) is 4.57 Å². The van der Waals surface area contributed by atoms with Crippen LogP contribution in [0, 0.1) is 6.92 Å². The van der Waals surface area contributed by atoms with Gasteiger partial charge in [-0.1, -0.05) is 0 Å². The summed E-state index contributed by atoms with van der Waals surface area (Å²) in [5.74, 6) is 0.200. The third-order valence-corrected chi connectivity index (χ3v) is 2.92. The molecule has 1 aromatic carbocycles. The van der Waals surface area contributed by atoms with Gasteiger partial charge in [-0.05, 0) is 12.1 Å². The SMILES string of the molecule is Cc1n(C)c2cc(C(=O)O)ccc2[n+]1C. The van der Waals surface area contributed by atoms with Gasteiger partial charge in [0, 0.05) is 13.0 Å². The van der Waals surface area contributed by atoms with Crippen LogP contribution < -0.4 is 4.57 Å². The number of aromatic nitrogens is 2. The highest BCUT2D eigenvalue weighted by molar-refractivity contribution is 5.91. The Morgan fingerprint density at radius 3 is 2.73 bits per heavy atom. The predicted octanol–water partition coefficient (Wildman–Crippen LogP) is 1.01. The molecule has 0 bridgehead atoms. The molecule has 4 nitrogen and oxygen atoms in total. The smallest absolute Gasteiger partial charge is 0.335 e. The van der Waals surface area contributed by atoms with Gasteiger partial charge in [-0.3, -0.25) is 0 Å². The number of fused-ring (bicyclic) bond motifs is 1. The lowest BCUT2D eigenvalue weighted by Crippen LogP contribution is -2.30. The lowest BCUT2D eigenvalue weighted by atomic mass is 10.2. The Hall–Kier alpha value is -1.84. The van der Waals surface area contributed by atoms with Crippen LogP contribution in [0.4, 0.5) is 0 Å². The second-order valence-corrected chi connectivity index (χ2v) is 3.67. The average Bonchev–Trinajstić information content (AvgIpc) is 2.44. The van der Waals surface area contributed by atoms with Crippen LogP contribution in [0.5, 0.6) is 0 Å². The monoisotopic (exact) mass is 205 g/mol. The lowest BCUT2D eigenvalue weighted by Gasteiger charge is -1.92. The molecule has 2 rings (SSSR count). The highest BCUT2D eigenvalue weighted by Crippen LogP contribution is 2.14. The zero-order chi connectivity index (χ0) is 11.2. The number of nitrogens with zero attached hydrogens (tertiary/aromatic N) is 2. The number of carboxylic acid groups (broad SMARTS) is 1. The van der Waals surface area contributed by atoms with Crippen molar-refractivity contribution < 1.29 is 14.5 Å². The highest BCUT2D eigenvalue weighted by Gasteiger charge is 2.17. The van der Waals surface area contributed by atoms with Gasteiger partial charge < -0.3 is 5.11 Å². The van der Waals surface area contributed by atoms with Crippen molar-refractivity contribution in [2.45, 2.75) is 6.92 Å². The second-order valence-electron chi connectivity index (χ2n) is 3.67. The first kappa shape index (κ1) is 9.71. The predicted molar refractivity (Wildman–Crippen MR) is 55.8 cm³/mol. The molecular formula is C11H13N2O2+. The van der Waals surface area contributed by atoms with Crippen molar-refractivity contribution in [3.8, 4) is 0 Å². The first-order valence-corrected chi connectivity index (χ1v) is 4.70. The summed E-state index contributed by atoms with van der Waals surface area (Å²) in [7, 11) is 3.90. The minimum absolute atomic E-state index is 0.323. The molecule has 0 unspecified atom stereocenters. The summed E-state index contributed by atoms with van der Waals surface area (Å²) in [5.41, 5.74) is 2.30. The zero-order valence-electron chi connectivity index (χ0n) is 8.98. The van der Waals surface area contributed by atoms with Gasteiger partial charge in [0.1, 0.15) is 0 Å². The zero-order valence-corrected chi connectivity index (χ0v) is 8.98. The number of hydrogen-bond donors (Lipinski definition) is 1. The van der Waals surface area contributed by atoms with Crippen LogP contribution in [0.3, 0.4) is 0 Å². The molecule has 78 valence electrons. The molecule has 0 saturated carbocycles. The molecule has 15 heavy (non-hydrogen) atoms. The van der Waals surface area contributed by atoms with E-state index in [0.717, 1.165) is 16.9 Å². The number of hydrogen-bond acceptors (Lipinski definition) is 1. The quantitative estimate of drug-likeness (QED) is 0.706. The van der Waals surface area contributed by atoms with E-state index in [0.29, 0.717) is 5.56 Å². The van der Waals surface area contributed by atoms with Crippen LogP contribution in [-0.2, 0) is 14.1 Å². The number of aromatic carboxylic acids is 1. The molecule has 1 N–H and O–H groups in total. The van der Waals surface area contributed by atoms with E-state index in [1.165, 1.54) is 0 Å². The van der Waals surface area contributed by atoms with E-state index in [2.05, 4.69) is 0 Å². The minimum atomic E-state index is -0.890. The molecule has 4 heteroatoms. The van der Waals surface area contributed by atoms with Crippen molar-refractivity contribution in [3.63, 3.8) is 0 Å². The first-order valence-electron chi connectivity index (χ1n) is 4.70. The fraction of sp³-hybridized carbons (Fsp3) is 0.273. The first-order chi connectivity index (χ1) is 7.02. The van der Waals surface area contributed by atoms with E-state index in [1.54, 1.807) is 12.1 Å². The molecule has 1 heterocycles. The Labute approximate surface area is 87.4 Å². The molecule has 0 aliphatic rings. The third-order valence-electron chi connectivity index (χ3n) is 2.92. The van der Waals surface area contributed by atoms with Gasteiger partial charge in [0.15, 0.2) is 11.0 Å². The van der Waals surface area contributed by atoms with E-state index < -0.39 is 5.97 Å². The van der Waals surface area contributed by atoms with Gasteiger partial charge in [0.05, 0.1) is 19.7 Å². The molecule has 0 aliphatic carbocycles. The van der Waals surface area contributed by atoms with Gasteiger partial charge in [-0.2, -0.15) is 0 Å². The third kappa shape index (κ3) is 1.29. The minimum Gasteiger partial charge on any atom is -0.478 e. The Balaban J connectivity index is 2.82. The largest absolute Gasteiger partial charge is 0.478 e. The maximum atomic E-state index is 10.8. The van der Waals surface area contributed by atoms with Crippen molar-refractivity contribution >= 4 is 17.0 Å². The van der Waals surface area contributed by atoms with E-state index in [1.807, 2.05) is 36.2 Å². The molecule has 0 radical (unpaired) electrons. The fourth-order valence-corrected chi connectivity index (χ4v) is 1.78. The van der Waals surface area contributed by atoms with Gasteiger partial charge in [0.2, 0.25) is 0 Å². The summed E-state index contributed by atoms with van der Waals surface area (Å²) >= 11 is 0. The Morgan fingerprint density at radius 2 is 2.13 bits per heavy atom. The Bertz CT molecular complexity index is 555. The van der Waals surface area contributed by atoms with Crippen molar-refractivity contribution in [2.75, 3.05) is 0 Å². The number of carboxylic acids is 1. The van der Waals surface area contributed by atoms with Crippen molar-refractivity contribution in [1.29, 1.82) is 0 Å². The molecule has 2 aromatic rings. The molecule has 0 atom stereocenters. The van der Waals surface area contributed by atoms with Crippen LogP contribution in [0.25, 0.3) is 11.0 Å². The Kier molecular flexibility index (Phi) is 2.00. The molecule has 0 amide bonds. The molecule has 0 fully saturated rings. The summed E-state index contributed by atoms with van der Waals surface area (Å²) in [6, 6.07) is 5.17. The normalized spacial score (nSPS) is 10.9. The lowest BCUT2D eigenvalue weighted by molar-refractivity contribution is -0.652. The number of imidazole rings is 1. The van der Waals surface area contributed by atoms with Crippen molar-refractivity contribution in [2.24, 2.45) is 14.1 Å². The van der Waals surface area contributed by atoms with Gasteiger partial charge in [-0.25, -0.2) is 13.9 Å². The summed E-state index contributed by atoms with van der Waals surface area (Å²) in [5, 5.41) is 8.90. The van der Waals surface area contributed by atoms with Crippen LogP contribution in [-0.4, -0.2) is 15.6 Å². The summed E-state index contributed by atoms with van der Waals surface area (Å²) in [6.07, 6.45) is 0. The van der Waals surface area contributed by atoms with E-state index in [9.17, 15) is 4.79 Å². The fourth-order valence-electron chi connectivity index (χ4n) is 1.78. The maximum Gasteiger partial charge on any atom is 0.335 e. The molecule has 0 aliphatic heterocycles. The second kappa shape index (κ2) is 3.08. The molecule has 0 saturated heterocycles. The maximum absolute atomic E-state index is 10.8. The number of benzene rings is 1. The van der Waals surface area contributed by atoms with Crippen molar-refractivity contribution in [3.05, 3.63) is 29.6 Å².